The summed E-state index contributed by atoms with van der Waals surface area (Å²) >= 11 is 0. The van der Waals surface area contributed by atoms with Crippen molar-refractivity contribution in [3.8, 4) is 57.9 Å². The maximum Gasteiger partial charge on any atom is 0.144 e. The monoisotopic (exact) mass is 1580 g/mol. The SMILES string of the molecule is C.C#C.CO.CO.CS(=O)(=O)[O-].C[Si](C)(C)c1cccc2c1oc1c(-c3ccccn3)[c-]ccc12.C[Si](C)(C)c1cccc2c1oc1c(-c3ccccn3)cccc12.Cc1ccc(-c2[c-]cccc2)nc1.Cc1ccc(-c2[c-]cccc2)nc1.[B][B].[Ir].[Ir]. The maximum atomic E-state index is 9.08. The van der Waals surface area contributed by atoms with E-state index in [4.69, 9.17) is 32.0 Å². The minimum Gasteiger partial charge on any atom is -0.748 e. The number of para-hydroxylation sites is 3. The largest absolute Gasteiger partial charge is 0.748 e. The number of furan rings is 2. The van der Waals surface area contributed by atoms with Crippen LogP contribution in [-0.2, 0) is 50.3 Å². The van der Waals surface area contributed by atoms with Crippen LogP contribution in [0.25, 0.3) is 88.9 Å². The molecule has 0 amide bonds. The van der Waals surface area contributed by atoms with Crippen LogP contribution in [0, 0.1) is 44.9 Å². The molecule has 6 heterocycles. The number of benzene rings is 6. The van der Waals surface area contributed by atoms with E-state index in [0.717, 1.165) is 87.0 Å². The van der Waals surface area contributed by atoms with Gasteiger partial charge in [-0.1, -0.05) is 149 Å². The number of hydrogen-bond acceptors (Lipinski definition) is 11. The van der Waals surface area contributed by atoms with E-state index in [0.29, 0.717) is 6.26 Å². The van der Waals surface area contributed by atoms with E-state index in [1.165, 1.54) is 37.7 Å². The Bertz CT molecular complexity index is 3810. The number of aryl methyl sites for hydroxylation is 2. The molecule has 2 N–H and O–H groups in total. The number of rotatable bonds is 6. The van der Waals surface area contributed by atoms with E-state index < -0.39 is 26.3 Å². The molecule has 11 nitrogen and oxygen atoms in total. The Hall–Kier alpha value is -7.23. The number of hydrogen-bond donors (Lipinski definition) is 2. The predicted octanol–water partition coefficient (Wildman–Crippen LogP) is 14.4. The van der Waals surface area contributed by atoms with Gasteiger partial charge in [-0.15, -0.1) is 103 Å². The third kappa shape index (κ3) is 22.7. The molecule has 6 radical (unpaired) electrons. The van der Waals surface area contributed by atoms with Crippen LogP contribution in [0.3, 0.4) is 0 Å². The van der Waals surface area contributed by atoms with Crippen molar-refractivity contribution in [3.05, 3.63) is 230 Å². The molecule has 18 heteroatoms. The van der Waals surface area contributed by atoms with E-state index in [1.54, 1.807) is 6.20 Å². The number of aliphatic hydroxyl groups excluding tert-OH is 2. The summed E-state index contributed by atoms with van der Waals surface area (Å²) in [6, 6.07) is 68.7. The van der Waals surface area contributed by atoms with E-state index in [9.17, 15) is 0 Å². The summed E-state index contributed by atoms with van der Waals surface area (Å²) in [6.45, 7) is 18.2. The Morgan fingerprint density at radius 1 is 0.466 bits per heavy atom. The quantitative estimate of drug-likeness (QED) is 0.0701. The van der Waals surface area contributed by atoms with Gasteiger partial charge in [-0.2, -0.15) is 0 Å². The van der Waals surface area contributed by atoms with Gasteiger partial charge in [-0.05, 0) is 76.7 Å². The van der Waals surface area contributed by atoms with Gasteiger partial charge in [-0.3, -0.25) is 4.98 Å². The Kier molecular flexibility index (Phi) is 34.8. The van der Waals surface area contributed by atoms with Crippen LogP contribution in [0.1, 0.15) is 18.6 Å². The summed E-state index contributed by atoms with van der Waals surface area (Å²) in [4.78, 5) is 17.6. The normalized spacial score (nSPS) is 10.1. The Morgan fingerprint density at radius 3 is 1.23 bits per heavy atom. The second-order valence-corrected chi connectivity index (χ2v) is 32.0. The average Bonchev–Trinajstić information content (AvgIpc) is 1.84. The van der Waals surface area contributed by atoms with Gasteiger partial charge < -0.3 is 38.6 Å². The molecule has 0 bridgehead atoms. The molecule has 0 saturated heterocycles. The minimum absolute atomic E-state index is 0. The molecule has 0 aliphatic carbocycles. The number of fused-ring (bicyclic) bond motifs is 6. The zero-order valence-corrected chi connectivity index (χ0v) is 58.3. The second kappa shape index (κ2) is 38.9. The van der Waals surface area contributed by atoms with Gasteiger partial charge in [-0.25, -0.2) is 8.42 Å². The van der Waals surface area contributed by atoms with Gasteiger partial charge in [0.1, 0.15) is 16.7 Å². The zero-order chi connectivity index (χ0) is 62.7. The van der Waals surface area contributed by atoms with Gasteiger partial charge in [0.05, 0.1) is 37.5 Å². The Labute approximate surface area is 552 Å². The van der Waals surface area contributed by atoms with Crippen molar-refractivity contribution in [1.82, 2.24) is 19.9 Å². The van der Waals surface area contributed by atoms with Crippen LogP contribution in [-0.4, -0.2) is 95.2 Å². The van der Waals surface area contributed by atoms with Crippen molar-refractivity contribution >= 4 is 96.0 Å². The van der Waals surface area contributed by atoms with E-state index in [-0.39, 0.29) is 47.6 Å². The van der Waals surface area contributed by atoms with Crippen LogP contribution in [0.5, 0.6) is 0 Å². The van der Waals surface area contributed by atoms with E-state index in [2.05, 4.69) is 179 Å². The maximum absolute atomic E-state index is 9.08. The van der Waals surface area contributed by atoms with Crippen molar-refractivity contribution in [2.75, 3.05) is 20.5 Å². The van der Waals surface area contributed by atoms with E-state index in [1.807, 2.05) is 136 Å². The summed E-state index contributed by atoms with van der Waals surface area (Å²) < 4.78 is 40.0. The molecule has 6 aromatic carbocycles. The van der Waals surface area contributed by atoms with Crippen molar-refractivity contribution in [2.45, 2.75) is 60.6 Å². The summed E-state index contributed by atoms with van der Waals surface area (Å²) in [5.74, 6) is 0. The fourth-order valence-electron chi connectivity index (χ4n) is 8.55. The topological polar surface area (TPSA) is 175 Å². The van der Waals surface area contributed by atoms with Crippen LogP contribution in [0.2, 0.25) is 39.3 Å². The van der Waals surface area contributed by atoms with Gasteiger partial charge in [0.25, 0.3) is 0 Å². The molecule has 0 aliphatic heterocycles. The van der Waals surface area contributed by atoms with Gasteiger partial charge in [0.2, 0.25) is 0 Å². The molecule has 12 aromatic rings. The van der Waals surface area contributed by atoms with E-state index >= 15 is 0 Å². The first-order valence-corrected chi connectivity index (χ1v) is 35.6. The van der Waals surface area contributed by atoms with Gasteiger partial charge >= 0.3 is 0 Å². The first-order valence-electron chi connectivity index (χ1n) is 26.7. The standard InChI is InChI=1S/C20H19NOSi.C20H18NOSi.2C12H10N.C2H2.CH4O3S.2CH4O.CH4.B2.2Ir/c2*1-23(2,3)18-12-7-9-15-14-8-6-10-16(19(14)22-20(15)18)17-11-4-5-13-21-17;2*1-10-7-8-12(13-9-10)11-5-3-2-4-6-11;1-2;1-5(2,3)4;2*1-2;;1-2;;/h4-13H,1-3H3;4-9,11-13H,1-3H3;2*2-5,7-9H,1H3;1-2H;1H3,(H,2,3,4);2*2H,1H3;1H4;;;/q;3*-1;;;;;;;;/p-1. The molecule has 0 spiro atoms. The molecule has 458 valence electrons. The summed E-state index contributed by atoms with van der Waals surface area (Å²) in [6.07, 6.45) is 16.0. The Morgan fingerprint density at radius 2 is 0.852 bits per heavy atom. The summed E-state index contributed by atoms with van der Waals surface area (Å²) in [7, 11) is 3.14. The average molecular weight is 1580 g/mol. The van der Waals surface area contributed by atoms with Crippen molar-refractivity contribution in [2.24, 2.45) is 0 Å². The number of terminal acetylenes is 1. The van der Waals surface area contributed by atoms with Crippen LogP contribution >= 0.6 is 0 Å². The molecule has 0 fully saturated rings. The number of nitrogens with zero attached hydrogens (tertiary/aromatic N) is 4. The van der Waals surface area contributed by atoms with Crippen LogP contribution in [0.4, 0.5) is 0 Å². The van der Waals surface area contributed by atoms with Crippen molar-refractivity contribution in [3.63, 3.8) is 0 Å². The van der Waals surface area contributed by atoms with Gasteiger partial charge in [0.15, 0.2) is 0 Å². The smallest absolute Gasteiger partial charge is 0.144 e. The fourth-order valence-corrected chi connectivity index (χ4v) is 11.5. The molecule has 88 heavy (non-hydrogen) atoms. The number of pyridine rings is 4. The molecule has 0 aliphatic rings. The first kappa shape index (κ1) is 78.8. The molecule has 0 saturated carbocycles. The fraction of sp³-hybridized carbons (Fsp3) is 0.171. The minimum atomic E-state index is -3.92. The zero-order valence-electron chi connectivity index (χ0n) is 50.7. The molecule has 0 unspecified atom stereocenters. The number of aliphatic hydroxyl groups is 2. The first-order chi connectivity index (χ1) is 40.8. The molecule has 0 atom stereocenters. The molecular weight excluding hydrogens is 1500 g/mol. The Balaban J connectivity index is 0.000000558. The van der Waals surface area contributed by atoms with Crippen LogP contribution in [0.15, 0.2) is 210 Å². The molecule has 12 rings (SSSR count). The number of aromatic nitrogens is 4. The van der Waals surface area contributed by atoms with Crippen molar-refractivity contribution < 1.29 is 72.2 Å². The van der Waals surface area contributed by atoms with Gasteiger partial charge in [0, 0.05) is 123 Å². The summed E-state index contributed by atoms with van der Waals surface area (Å²) in [5, 5.41) is 21.4. The van der Waals surface area contributed by atoms with Crippen molar-refractivity contribution in [1.29, 1.82) is 0 Å². The predicted molar refractivity (Wildman–Crippen MR) is 365 cm³/mol. The second-order valence-electron chi connectivity index (χ2n) is 20.5. The summed E-state index contributed by atoms with van der Waals surface area (Å²) in [5.41, 5.74) is 14.1. The molecule has 6 aromatic heterocycles. The third-order valence-electron chi connectivity index (χ3n) is 12.3. The molecular formula is C70H74B2Ir2N4O7SSi2-4. The van der Waals surface area contributed by atoms with Crippen LogP contribution < -0.4 is 10.4 Å². The third-order valence-corrected chi connectivity index (χ3v) is 16.3.